The molecule has 0 spiro atoms. The van der Waals surface area contributed by atoms with Crippen molar-refractivity contribution in [3.8, 4) is 0 Å². The SMILES string of the molecule is Cc1ccc(Cn2nc3ccccc3c2C(=O)Nc2c[nH]c3cc(F)c(F)cc23)cc1. The fourth-order valence-electron chi connectivity index (χ4n) is 3.70. The number of amides is 1. The van der Waals surface area contributed by atoms with Crippen LogP contribution in [0.2, 0.25) is 0 Å². The van der Waals surface area contributed by atoms with Gasteiger partial charge >= 0.3 is 0 Å². The Morgan fingerprint density at radius 3 is 2.58 bits per heavy atom. The van der Waals surface area contributed by atoms with Gasteiger partial charge in [-0.3, -0.25) is 9.48 Å². The van der Waals surface area contributed by atoms with Gasteiger partial charge in [-0.25, -0.2) is 8.78 Å². The van der Waals surface area contributed by atoms with Crippen LogP contribution in [0.25, 0.3) is 21.8 Å². The van der Waals surface area contributed by atoms with Crippen molar-refractivity contribution in [3.63, 3.8) is 0 Å². The maximum atomic E-state index is 13.7. The smallest absolute Gasteiger partial charge is 0.274 e. The lowest BCUT2D eigenvalue weighted by molar-refractivity contribution is 0.101. The van der Waals surface area contributed by atoms with Gasteiger partial charge in [0.25, 0.3) is 5.91 Å². The molecule has 0 radical (unpaired) electrons. The summed E-state index contributed by atoms with van der Waals surface area (Å²) >= 11 is 0. The van der Waals surface area contributed by atoms with Crippen LogP contribution in [0.15, 0.2) is 66.9 Å². The molecule has 31 heavy (non-hydrogen) atoms. The second-order valence-corrected chi connectivity index (χ2v) is 7.48. The summed E-state index contributed by atoms with van der Waals surface area (Å²) in [6.07, 6.45) is 1.52. The summed E-state index contributed by atoms with van der Waals surface area (Å²) in [5, 5.41) is 8.53. The molecule has 2 heterocycles. The second-order valence-electron chi connectivity index (χ2n) is 7.48. The quantitative estimate of drug-likeness (QED) is 0.412. The molecule has 5 nitrogen and oxygen atoms in total. The maximum Gasteiger partial charge on any atom is 0.274 e. The van der Waals surface area contributed by atoms with Crippen molar-refractivity contribution in [1.29, 1.82) is 0 Å². The van der Waals surface area contributed by atoms with E-state index in [1.165, 1.54) is 6.20 Å². The molecule has 0 unspecified atom stereocenters. The third-order valence-corrected chi connectivity index (χ3v) is 5.28. The highest BCUT2D eigenvalue weighted by molar-refractivity contribution is 6.14. The van der Waals surface area contributed by atoms with Crippen LogP contribution in [0, 0.1) is 18.6 Å². The number of carbonyl (C=O) groups excluding carboxylic acids is 1. The molecule has 0 saturated carbocycles. The Hall–Kier alpha value is -4.00. The minimum absolute atomic E-state index is 0.367. The number of carbonyl (C=O) groups is 1. The van der Waals surface area contributed by atoms with E-state index in [4.69, 9.17) is 0 Å². The molecule has 0 aliphatic heterocycles. The fourth-order valence-corrected chi connectivity index (χ4v) is 3.70. The summed E-state index contributed by atoms with van der Waals surface area (Å²) in [5.74, 6) is -2.31. The number of aromatic amines is 1. The first-order valence-corrected chi connectivity index (χ1v) is 9.78. The number of aromatic nitrogens is 3. The number of anilines is 1. The molecule has 2 aromatic heterocycles. The molecule has 0 fully saturated rings. The summed E-state index contributed by atoms with van der Waals surface area (Å²) < 4.78 is 28.9. The van der Waals surface area contributed by atoms with Crippen LogP contribution in [0.5, 0.6) is 0 Å². The van der Waals surface area contributed by atoms with E-state index in [0.717, 1.165) is 23.3 Å². The van der Waals surface area contributed by atoms with Crippen molar-refractivity contribution in [2.24, 2.45) is 0 Å². The van der Waals surface area contributed by atoms with Crippen LogP contribution in [-0.2, 0) is 6.54 Å². The Kier molecular flexibility index (Phi) is 4.51. The molecule has 3 aromatic carbocycles. The highest BCUT2D eigenvalue weighted by Gasteiger charge is 2.20. The van der Waals surface area contributed by atoms with Crippen LogP contribution in [-0.4, -0.2) is 20.7 Å². The highest BCUT2D eigenvalue weighted by Crippen LogP contribution is 2.27. The van der Waals surface area contributed by atoms with Crippen molar-refractivity contribution in [3.05, 3.63) is 95.3 Å². The van der Waals surface area contributed by atoms with E-state index >= 15 is 0 Å². The van der Waals surface area contributed by atoms with Gasteiger partial charge in [-0.2, -0.15) is 5.10 Å². The number of hydrogen-bond acceptors (Lipinski definition) is 2. The molecule has 0 bridgehead atoms. The van der Waals surface area contributed by atoms with Crippen LogP contribution in [0.3, 0.4) is 0 Å². The third kappa shape index (κ3) is 3.44. The van der Waals surface area contributed by atoms with E-state index < -0.39 is 11.6 Å². The number of aryl methyl sites for hydroxylation is 1. The van der Waals surface area contributed by atoms with E-state index in [2.05, 4.69) is 15.4 Å². The van der Waals surface area contributed by atoms with Gasteiger partial charge in [0.05, 0.1) is 23.3 Å². The lowest BCUT2D eigenvalue weighted by Crippen LogP contribution is -2.18. The van der Waals surface area contributed by atoms with Gasteiger partial charge in [-0.15, -0.1) is 0 Å². The summed E-state index contributed by atoms with van der Waals surface area (Å²) in [6, 6.07) is 17.6. The first-order chi connectivity index (χ1) is 15.0. The van der Waals surface area contributed by atoms with Crippen LogP contribution < -0.4 is 5.32 Å². The number of rotatable bonds is 4. The minimum Gasteiger partial charge on any atom is -0.359 e. The van der Waals surface area contributed by atoms with Crippen LogP contribution in [0.1, 0.15) is 21.6 Å². The monoisotopic (exact) mass is 416 g/mol. The van der Waals surface area contributed by atoms with Gasteiger partial charge in [0, 0.05) is 23.0 Å². The fraction of sp³-hybridized carbons (Fsp3) is 0.0833. The molecule has 1 amide bonds. The second kappa shape index (κ2) is 7.36. The van der Waals surface area contributed by atoms with E-state index in [0.29, 0.717) is 39.7 Å². The molecule has 0 saturated heterocycles. The zero-order chi connectivity index (χ0) is 21.5. The lowest BCUT2D eigenvalue weighted by Gasteiger charge is -2.09. The Bertz CT molecular complexity index is 1430. The molecular weight excluding hydrogens is 398 g/mol. The molecule has 7 heteroatoms. The molecule has 154 valence electrons. The zero-order valence-corrected chi connectivity index (χ0v) is 16.6. The molecule has 5 rings (SSSR count). The average molecular weight is 416 g/mol. The molecular formula is C24H18F2N4O. The largest absolute Gasteiger partial charge is 0.359 e. The molecule has 0 aliphatic rings. The van der Waals surface area contributed by atoms with Crippen LogP contribution in [0.4, 0.5) is 14.5 Å². The van der Waals surface area contributed by atoms with Crippen LogP contribution >= 0.6 is 0 Å². The third-order valence-electron chi connectivity index (χ3n) is 5.28. The van der Waals surface area contributed by atoms with Gasteiger partial charge < -0.3 is 10.3 Å². The van der Waals surface area contributed by atoms with Gasteiger partial charge in [-0.05, 0) is 24.6 Å². The Morgan fingerprint density at radius 1 is 1.03 bits per heavy atom. The molecule has 2 N–H and O–H groups in total. The number of nitrogens with one attached hydrogen (secondary N) is 2. The Morgan fingerprint density at radius 2 is 1.77 bits per heavy atom. The predicted molar refractivity (Wildman–Crippen MR) is 116 cm³/mol. The summed E-state index contributed by atoms with van der Waals surface area (Å²) in [7, 11) is 0. The number of fused-ring (bicyclic) bond motifs is 2. The maximum absolute atomic E-state index is 13.7. The Balaban J connectivity index is 1.55. The highest BCUT2D eigenvalue weighted by atomic mass is 19.2. The van der Waals surface area contributed by atoms with Crippen molar-refractivity contribution in [2.75, 3.05) is 5.32 Å². The van der Waals surface area contributed by atoms with E-state index in [1.807, 2.05) is 55.5 Å². The number of nitrogens with zero attached hydrogens (tertiary/aromatic N) is 2. The lowest BCUT2D eigenvalue weighted by atomic mass is 10.1. The van der Waals surface area contributed by atoms with E-state index in [-0.39, 0.29) is 5.91 Å². The number of hydrogen-bond donors (Lipinski definition) is 2. The standard InChI is InChI=1S/C24H18F2N4O/c1-14-6-8-15(9-7-14)13-30-23(16-4-2-3-5-20(16)29-30)24(31)28-22-12-27-21-11-19(26)18(25)10-17(21)22/h2-12,27H,13H2,1H3,(H,28,31). The predicted octanol–water partition coefficient (Wildman–Crippen LogP) is 5.40. The Labute approximate surface area is 176 Å². The molecule has 5 aromatic rings. The zero-order valence-electron chi connectivity index (χ0n) is 16.6. The van der Waals surface area contributed by atoms with Gasteiger partial charge in [0.15, 0.2) is 11.6 Å². The van der Waals surface area contributed by atoms with Gasteiger partial charge in [0.2, 0.25) is 0 Å². The number of halogens is 2. The molecule has 0 aliphatic carbocycles. The summed E-state index contributed by atoms with van der Waals surface area (Å²) in [5.41, 5.74) is 4.02. The summed E-state index contributed by atoms with van der Waals surface area (Å²) in [4.78, 5) is 16.2. The van der Waals surface area contributed by atoms with Gasteiger partial charge in [0.1, 0.15) is 5.69 Å². The number of H-pyrrole nitrogens is 1. The molecule has 0 atom stereocenters. The topological polar surface area (TPSA) is 62.7 Å². The van der Waals surface area contributed by atoms with E-state index in [9.17, 15) is 13.6 Å². The van der Waals surface area contributed by atoms with Crippen molar-refractivity contribution >= 4 is 33.4 Å². The van der Waals surface area contributed by atoms with E-state index in [1.54, 1.807) is 4.68 Å². The summed E-state index contributed by atoms with van der Waals surface area (Å²) in [6.45, 7) is 2.44. The number of benzene rings is 3. The van der Waals surface area contributed by atoms with Gasteiger partial charge in [-0.1, -0.05) is 48.0 Å². The normalized spacial score (nSPS) is 11.3. The van der Waals surface area contributed by atoms with Crippen molar-refractivity contribution in [1.82, 2.24) is 14.8 Å². The average Bonchev–Trinajstić information content (AvgIpc) is 3.31. The van der Waals surface area contributed by atoms with Crippen molar-refractivity contribution < 1.29 is 13.6 Å². The minimum atomic E-state index is -0.975. The van der Waals surface area contributed by atoms with Crippen molar-refractivity contribution in [2.45, 2.75) is 13.5 Å². The first-order valence-electron chi connectivity index (χ1n) is 9.78. The first kappa shape index (κ1) is 19.0.